The maximum Gasteiger partial charge on any atom is 0.262 e. The molecule has 1 amide bonds. The summed E-state index contributed by atoms with van der Waals surface area (Å²) < 4.78 is 11.6. The standard InChI is InChI=1S/C29H39ClN4O4/c1-5-38-26-19-23(37-4)10-11-24(26)29(28(36)34-14-12-33(13-15-34)16-17-35)31-25(18-20(2)3)27(32-29)21-6-8-22(30)9-7-21/h6-11,17,19-20,25,27,31-32H,5,12-16,18H2,1-4H3. The van der Waals surface area contributed by atoms with Crippen LogP contribution in [0.25, 0.3) is 0 Å². The molecule has 9 heteroatoms. The molecule has 0 spiro atoms. The second-order valence-corrected chi connectivity index (χ2v) is 10.8. The summed E-state index contributed by atoms with van der Waals surface area (Å²) in [7, 11) is 1.62. The highest BCUT2D eigenvalue weighted by atomic mass is 35.5. The van der Waals surface area contributed by atoms with Crippen LogP contribution in [-0.2, 0) is 15.3 Å². The molecule has 0 aliphatic carbocycles. The van der Waals surface area contributed by atoms with Crippen molar-refractivity contribution >= 4 is 23.8 Å². The lowest BCUT2D eigenvalue weighted by Gasteiger charge is -2.40. The molecule has 2 N–H and O–H groups in total. The predicted molar refractivity (Wildman–Crippen MR) is 149 cm³/mol. The number of hydrogen-bond acceptors (Lipinski definition) is 7. The van der Waals surface area contributed by atoms with Gasteiger partial charge in [-0.15, -0.1) is 0 Å². The molecule has 0 aromatic heterocycles. The number of hydrogen-bond donors (Lipinski definition) is 2. The van der Waals surface area contributed by atoms with Crippen molar-refractivity contribution in [3.8, 4) is 11.5 Å². The van der Waals surface area contributed by atoms with Crippen LogP contribution in [0.3, 0.4) is 0 Å². The van der Waals surface area contributed by atoms with E-state index < -0.39 is 5.66 Å². The number of halogens is 1. The van der Waals surface area contributed by atoms with Crippen LogP contribution in [0.4, 0.5) is 0 Å². The summed E-state index contributed by atoms with van der Waals surface area (Å²) in [5.41, 5.74) is 0.572. The van der Waals surface area contributed by atoms with Gasteiger partial charge in [-0.1, -0.05) is 37.6 Å². The van der Waals surface area contributed by atoms with E-state index in [1.807, 2.05) is 54.3 Å². The molecule has 38 heavy (non-hydrogen) atoms. The Morgan fingerprint density at radius 1 is 1.13 bits per heavy atom. The number of benzene rings is 2. The Morgan fingerprint density at radius 3 is 2.45 bits per heavy atom. The molecule has 4 rings (SSSR count). The van der Waals surface area contributed by atoms with Gasteiger partial charge >= 0.3 is 0 Å². The van der Waals surface area contributed by atoms with Crippen molar-refractivity contribution in [2.75, 3.05) is 46.4 Å². The fourth-order valence-electron chi connectivity index (χ4n) is 5.51. The third kappa shape index (κ3) is 5.99. The van der Waals surface area contributed by atoms with E-state index in [-0.39, 0.29) is 18.0 Å². The molecule has 2 saturated heterocycles. The normalized spacial score (nSPS) is 24.0. The molecule has 2 aliphatic rings. The summed E-state index contributed by atoms with van der Waals surface area (Å²) in [5.74, 6) is 1.61. The minimum atomic E-state index is -1.21. The summed E-state index contributed by atoms with van der Waals surface area (Å²) in [4.78, 5) is 29.5. The van der Waals surface area contributed by atoms with E-state index in [0.717, 1.165) is 23.8 Å². The van der Waals surface area contributed by atoms with Gasteiger partial charge in [0.2, 0.25) is 0 Å². The number of amides is 1. The zero-order valence-electron chi connectivity index (χ0n) is 22.7. The lowest BCUT2D eigenvalue weighted by molar-refractivity contribution is -0.141. The van der Waals surface area contributed by atoms with Gasteiger partial charge in [0, 0.05) is 54.9 Å². The Hall–Kier alpha value is -2.65. The number of carbonyl (C=O) groups excluding carboxylic acids is 2. The Kier molecular flexibility index (Phi) is 9.31. The van der Waals surface area contributed by atoms with Gasteiger partial charge in [-0.05, 0) is 49.1 Å². The number of nitrogens with zero attached hydrogens (tertiary/aromatic N) is 2. The summed E-state index contributed by atoms with van der Waals surface area (Å²) >= 11 is 6.21. The van der Waals surface area contributed by atoms with Crippen LogP contribution in [0.5, 0.6) is 11.5 Å². The first-order valence-electron chi connectivity index (χ1n) is 13.4. The SMILES string of the molecule is CCOc1cc(OC)ccc1C1(C(=O)N2CCN(CC=O)CC2)NC(CC(C)C)C(c2ccc(Cl)cc2)N1. The van der Waals surface area contributed by atoms with Gasteiger partial charge in [0.25, 0.3) is 5.91 Å². The largest absolute Gasteiger partial charge is 0.497 e. The van der Waals surface area contributed by atoms with Gasteiger partial charge in [-0.2, -0.15) is 0 Å². The number of ether oxygens (including phenoxy) is 2. The highest BCUT2D eigenvalue weighted by Gasteiger charge is 2.54. The van der Waals surface area contributed by atoms with E-state index in [1.54, 1.807) is 7.11 Å². The molecular formula is C29H39ClN4O4. The van der Waals surface area contributed by atoms with Gasteiger partial charge in [0.1, 0.15) is 17.8 Å². The summed E-state index contributed by atoms with van der Waals surface area (Å²) in [5, 5.41) is 8.18. The first kappa shape index (κ1) is 28.4. The van der Waals surface area contributed by atoms with Crippen LogP contribution in [0.1, 0.15) is 44.4 Å². The first-order chi connectivity index (χ1) is 18.3. The fraction of sp³-hybridized carbons (Fsp3) is 0.517. The second kappa shape index (κ2) is 12.5. The summed E-state index contributed by atoms with van der Waals surface area (Å²) in [6.45, 7) is 9.52. The molecule has 0 saturated carbocycles. The van der Waals surface area contributed by atoms with E-state index >= 15 is 0 Å². The molecule has 0 radical (unpaired) electrons. The fourth-order valence-corrected chi connectivity index (χ4v) is 5.64. The Bertz CT molecular complexity index is 1100. The van der Waals surface area contributed by atoms with Gasteiger partial charge in [-0.3, -0.25) is 20.3 Å². The predicted octanol–water partition coefficient (Wildman–Crippen LogP) is 3.59. The molecule has 2 heterocycles. The lowest BCUT2D eigenvalue weighted by Crippen LogP contribution is -2.62. The molecule has 2 fully saturated rings. The molecule has 2 aromatic rings. The van der Waals surface area contributed by atoms with Crippen molar-refractivity contribution in [3.05, 3.63) is 58.6 Å². The average Bonchev–Trinajstić information content (AvgIpc) is 3.28. The number of nitrogens with one attached hydrogen (secondary N) is 2. The monoisotopic (exact) mass is 542 g/mol. The maximum absolute atomic E-state index is 14.6. The third-order valence-electron chi connectivity index (χ3n) is 7.34. The topological polar surface area (TPSA) is 83.1 Å². The Labute approximate surface area is 230 Å². The second-order valence-electron chi connectivity index (χ2n) is 10.4. The van der Waals surface area contributed by atoms with Crippen molar-refractivity contribution in [2.24, 2.45) is 5.92 Å². The van der Waals surface area contributed by atoms with E-state index in [9.17, 15) is 9.59 Å². The zero-order chi connectivity index (χ0) is 27.3. The number of piperazine rings is 1. The smallest absolute Gasteiger partial charge is 0.262 e. The molecule has 3 unspecified atom stereocenters. The van der Waals surface area contributed by atoms with Gasteiger partial charge < -0.3 is 19.2 Å². The molecule has 0 bridgehead atoms. The van der Waals surface area contributed by atoms with Gasteiger partial charge in [-0.25, -0.2) is 0 Å². The first-order valence-corrected chi connectivity index (χ1v) is 13.8. The minimum Gasteiger partial charge on any atom is -0.497 e. The van der Waals surface area contributed by atoms with E-state index in [2.05, 4.69) is 29.4 Å². The maximum atomic E-state index is 14.6. The molecule has 2 aromatic carbocycles. The highest BCUT2D eigenvalue weighted by molar-refractivity contribution is 6.30. The van der Waals surface area contributed by atoms with Crippen LogP contribution in [0.2, 0.25) is 5.02 Å². The number of methoxy groups -OCH3 is 1. The summed E-state index contributed by atoms with van der Waals surface area (Å²) in [6, 6.07) is 13.3. The number of rotatable bonds is 10. The Balaban J connectivity index is 1.79. The third-order valence-corrected chi connectivity index (χ3v) is 7.59. The average molecular weight is 543 g/mol. The van der Waals surface area contributed by atoms with Crippen LogP contribution in [-0.4, -0.2) is 74.5 Å². The van der Waals surface area contributed by atoms with Crippen molar-refractivity contribution in [3.63, 3.8) is 0 Å². The van der Waals surface area contributed by atoms with Crippen LogP contribution in [0, 0.1) is 5.92 Å². The molecule has 2 aliphatic heterocycles. The molecule has 8 nitrogen and oxygen atoms in total. The van der Waals surface area contributed by atoms with E-state index in [0.29, 0.717) is 61.8 Å². The Morgan fingerprint density at radius 2 is 1.84 bits per heavy atom. The van der Waals surface area contributed by atoms with Crippen LogP contribution < -0.4 is 20.1 Å². The lowest BCUT2D eigenvalue weighted by atomic mass is 9.94. The van der Waals surface area contributed by atoms with Crippen LogP contribution >= 0.6 is 11.6 Å². The van der Waals surface area contributed by atoms with Gasteiger partial charge in [0.15, 0.2) is 5.66 Å². The molecular weight excluding hydrogens is 504 g/mol. The number of aldehydes is 1. The van der Waals surface area contributed by atoms with Crippen molar-refractivity contribution in [1.29, 1.82) is 0 Å². The molecule has 3 atom stereocenters. The van der Waals surface area contributed by atoms with E-state index in [1.165, 1.54) is 0 Å². The molecule has 206 valence electrons. The van der Waals surface area contributed by atoms with Gasteiger partial charge in [0.05, 0.1) is 20.3 Å². The number of carbonyl (C=O) groups is 2. The van der Waals surface area contributed by atoms with Crippen LogP contribution in [0.15, 0.2) is 42.5 Å². The van der Waals surface area contributed by atoms with Crippen molar-refractivity contribution in [1.82, 2.24) is 20.4 Å². The van der Waals surface area contributed by atoms with Crippen molar-refractivity contribution < 1.29 is 19.1 Å². The minimum absolute atomic E-state index is 0.0203. The zero-order valence-corrected chi connectivity index (χ0v) is 23.5. The van der Waals surface area contributed by atoms with E-state index in [4.69, 9.17) is 21.1 Å². The highest BCUT2D eigenvalue weighted by Crippen LogP contribution is 2.41. The van der Waals surface area contributed by atoms with Crippen molar-refractivity contribution in [2.45, 2.75) is 44.9 Å². The quantitative estimate of drug-likeness (QED) is 0.444. The summed E-state index contributed by atoms with van der Waals surface area (Å²) in [6.07, 6.45) is 1.78.